The van der Waals surface area contributed by atoms with Gasteiger partial charge in [-0.2, -0.15) is 0 Å². The second-order valence-corrected chi connectivity index (χ2v) is 8.70. The smallest absolute Gasteiger partial charge is 0.211 e. The van der Waals surface area contributed by atoms with Crippen LogP contribution in [0.25, 0.3) is 43.9 Å². The molecule has 1 heterocycles. The third kappa shape index (κ3) is 2.47. The Morgan fingerprint density at radius 3 is 2.29 bits per heavy atom. The van der Waals surface area contributed by atoms with E-state index in [0.717, 1.165) is 12.8 Å². The van der Waals surface area contributed by atoms with E-state index in [9.17, 15) is 0 Å². The van der Waals surface area contributed by atoms with Gasteiger partial charge in [0, 0.05) is 22.4 Å². The minimum atomic E-state index is 0.0964. The van der Waals surface area contributed by atoms with Crippen LogP contribution in [0, 0.1) is 0 Å². The van der Waals surface area contributed by atoms with Gasteiger partial charge in [0.25, 0.3) is 0 Å². The first-order chi connectivity index (χ1) is 15.3. The molecular formula is C30H26N+. The molecule has 1 aliphatic rings. The minimum Gasteiger partial charge on any atom is -0.211 e. The summed E-state index contributed by atoms with van der Waals surface area (Å²) in [4.78, 5) is 3.57. The molecule has 1 nitrogen and oxygen atoms in total. The molecule has 0 unspecified atom stereocenters. The van der Waals surface area contributed by atoms with E-state index >= 15 is 0 Å². The molecule has 0 amide bonds. The zero-order valence-corrected chi connectivity index (χ0v) is 18.1. The quantitative estimate of drug-likeness (QED) is 0.277. The molecule has 0 spiro atoms. The summed E-state index contributed by atoms with van der Waals surface area (Å²) in [7, 11) is 0. The lowest BCUT2D eigenvalue weighted by Gasteiger charge is -2.29. The molecule has 1 heteroatoms. The number of hydrogen-bond acceptors (Lipinski definition) is 0. The number of fused-ring (bicyclic) bond motifs is 6. The van der Waals surface area contributed by atoms with E-state index in [0.29, 0.717) is 0 Å². The number of hydrogen-bond donors (Lipinski definition) is 0. The molecule has 31 heavy (non-hydrogen) atoms. The number of aromatic amines is 1. The fraction of sp³-hybridized carbons (Fsp3) is 0.167. The zero-order valence-electron chi connectivity index (χ0n) is 18.1. The number of rotatable bonds is 3. The van der Waals surface area contributed by atoms with Gasteiger partial charge in [-0.05, 0) is 64.1 Å². The molecule has 0 radical (unpaired) electrons. The van der Waals surface area contributed by atoms with E-state index in [4.69, 9.17) is 0 Å². The van der Waals surface area contributed by atoms with Crippen LogP contribution in [0.2, 0.25) is 0 Å². The second kappa shape index (κ2) is 6.78. The first-order valence-electron chi connectivity index (χ1n) is 11.3. The minimum absolute atomic E-state index is 0.0964. The van der Waals surface area contributed by atoms with Crippen LogP contribution in [0.5, 0.6) is 0 Å². The highest BCUT2D eigenvalue weighted by molar-refractivity contribution is 6.10. The highest BCUT2D eigenvalue weighted by Crippen LogP contribution is 2.53. The predicted octanol–water partition coefficient (Wildman–Crippen LogP) is 7.56. The Kier molecular flexibility index (Phi) is 4.01. The van der Waals surface area contributed by atoms with Gasteiger partial charge in [-0.1, -0.05) is 74.5 Å². The van der Waals surface area contributed by atoms with Crippen molar-refractivity contribution >= 4 is 21.5 Å². The molecule has 0 atom stereocenters. The molecule has 0 aliphatic heterocycles. The van der Waals surface area contributed by atoms with Crippen molar-refractivity contribution in [3.8, 4) is 22.4 Å². The maximum atomic E-state index is 3.57. The SMILES string of the molecule is CCC1(CC)c2ccccc2-c2ccc(-c3[nH+]ccc4c3ccc3ccccc34)cc21. The van der Waals surface area contributed by atoms with Crippen molar-refractivity contribution in [2.24, 2.45) is 0 Å². The van der Waals surface area contributed by atoms with Gasteiger partial charge in [-0.25, -0.2) is 4.98 Å². The van der Waals surface area contributed by atoms with Gasteiger partial charge in [0.2, 0.25) is 5.69 Å². The van der Waals surface area contributed by atoms with Crippen LogP contribution in [-0.4, -0.2) is 0 Å². The maximum Gasteiger partial charge on any atom is 0.218 e. The van der Waals surface area contributed by atoms with Crippen molar-refractivity contribution in [2.45, 2.75) is 32.1 Å². The van der Waals surface area contributed by atoms with Gasteiger partial charge < -0.3 is 0 Å². The number of benzene rings is 4. The standard InChI is InChI=1S/C30H25N/c1-3-30(4-2)27-12-8-7-11-24(27)25-15-14-21(19-28(25)30)29-26-16-13-20-9-5-6-10-22(20)23(26)17-18-31-29/h5-19H,3-4H2,1-2H3/p+1. The average Bonchev–Trinajstić information content (AvgIpc) is 3.13. The van der Waals surface area contributed by atoms with Gasteiger partial charge >= 0.3 is 0 Å². The normalized spacial score (nSPS) is 14.0. The van der Waals surface area contributed by atoms with E-state index in [2.05, 4.69) is 110 Å². The Balaban J connectivity index is 1.61. The molecule has 0 fully saturated rings. The summed E-state index contributed by atoms with van der Waals surface area (Å²) in [5, 5.41) is 5.16. The van der Waals surface area contributed by atoms with Crippen LogP contribution >= 0.6 is 0 Å². The molecule has 0 bridgehead atoms. The Morgan fingerprint density at radius 1 is 0.645 bits per heavy atom. The van der Waals surface area contributed by atoms with Crippen molar-refractivity contribution in [1.29, 1.82) is 0 Å². The fourth-order valence-corrected chi connectivity index (χ4v) is 5.84. The molecule has 150 valence electrons. The number of pyridine rings is 1. The Morgan fingerprint density at radius 2 is 1.42 bits per heavy atom. The molecule has 1 N–H and O–H groups in total. The lowest BCUT2D eigenvalue weighted by atomic mass is 9.73. The first kappa shape index (κ1) is 18.3. The summed E-state index contributed by atoms with van der Waals surface area (Å²) in [5.41, 5.74) is 8.32. The van der Waals surface area contributed by atoms with E-state index in [1.54, 1.807) is 0 Å². The topological polar surface area (TPSA) is 14.1 Å². The van der Waals surface area contributed by atoms with Crippen LogP contribution in [-0.2, 0) is 5.41 Å². The molecule has 6 rings (SSSR count). The number of nitrogens with one attached hydrogen (secondary N) is 1. The fourth-order valence-electron chi connectivity index (χ4n) is 5.84. The molecule has 5 aromatic rings. The summed E-state index contributed by atoms with van der Waals surface area (Å²) in [6.07, 6.45) is 4.31. The number of aromatic nitrogens is 1. The van der Waals surface area contributed by atoms with Crippen LogP contribution in [0.15, 0.2) is 91.1 Å². The molecule has 4 aromatic carbocycles. The largest absolute Gasteiger partial charge is 0.218 e. The van der Waals surface area contributed by atoms with Gasteiger partial charge in [0.15, 0.2) is 6.20 Å². The summed E-state index contributed by atoms with van der Waals surface area (Å²) >= 11 is 0. The monoisotopic (exact) mass is 400 g/mol. The van der Waals surface area contributed by atoms with E-state index in [-0.39, 0.29) is 5.41 Å². The van der Waals surface area contributed by atoms with Crippen LogP contribution in [0.1, 0.15) is 37.8 Å². The van der Waals surface area contributed by atoms with Crippen LogP contribution in [0.3, 0.4) is 0 Å². The molecular weight excluding hydrogens is 374 g/mol. The van der Waals surface area contributed by atoms with Crippen molar-refractivity contribution in [1.82, 2.24) is 0 Å². The van der Waals surface area contributed by atoms with E-state index in [1.165, 1.54) is 55.1 Å². The van der Waals surface area contributed by atoms with E-state index in [1.807, 2.05) is 0 Å². The van der Waals surface area contributed by atoms with Gasteiger partial charge in [-0.3, -0.25) is 0 Å². The molecule has 0 saturated carbocycles. The lowest BCUT2D eigenvalue weighted by molar-refractivity contribution is -0.362. The van der Waals surface area contributed by atoms with Crippen LogP contribution < -0.4 is 4.98 Å². The van der Waals surface area contributed by atoms with Gasteiger partial charge in [0.05, 0.1) is 5.39 Å². The molecule has 1 aliphatic carbocycles. The van der Waals surface area contributed by atoms with Crippen molar-refractivity contribution < 1.29 is 4.98 Å². The lowest BCUT2D eigenvalue weighted by Crippen LogP contribution is -2.23. The van der Waals surface area contributed by atoms with Crippen LogP contribution in [0.4, 0.5) is 0 Å². The van der Waals surface area contributed by atoms with Gasteiger partial charge in [0.1, 0.15) is 0 Å². The second-order valence-electron chi connectivity index (χ2n) is 8.70. The Hall–Kier alpha value is -3.45. The third-order valence-electron chi connectivity index (χ3n) is 7.48. The van der Waals surface area contributed by atoms with Crippen molar-refractivity contribution in [3.63, 3.8) is 0 Å². The van der Waals surface area contributed by atoms with Gasteiger partial charge in [-0.15, -0.1) is 0 Å². The van der Waals surface area contributed by atoms with E-state index < -0.39 is 0 Å². The number of H-pyrrole nitrogens is 1. The summed E-state index contributed by atoms with van der Waals surface area (Å²) in [5.74, 6) is 0. The Labute approximate surface area is 183 Å². The zero-order chi connectivity index (χ0) is 21.0. The highest BCUT2D eigenvalue weighted by Gasteiger charge is 2.40. The predicted molar refractivity (Wildman–Crippen MR) is 130 cm³/mol. The summed E-state index contributed by atoms with van der Waals surface area (Å²) in [6, 6.07) is 31.4. The summed E-state index contributed by atoms with van der Waals surface area (Å²) < 4.78 is 0. The molecule has 0 saturated heterocycles. The van der Waals surface area contributed by atoms with Crippen molar-refractivity contribution in [3.05, 3.63) is 102 Å². The summed E-state index contributed by atoms with van der Waals surface area (Å²) in [6.45, 7) is 4.66. The average molecular weight is 401 g/mol. The van der Waals surface area contributed by atoms with Crippen molar-refractivity contribution in [2.75, 3.05) is 0 Å². The Bertz CT molecular complexity index is 1460. The molecule has 1 aromatic heterocycles. The highest BCUT2D eigenvalue weighted by atomic mass is 14.7. The third-order valence-corrected chi connectivity index (χ3v) is 7.48. The maximum absolute atomic E-state index is 3.57. The first-order valence-corrected chi connectivity index (χ1v) is 11.3.